The minimum atomic E-state index is -0.493. The first-order valence-electron chi connectivity index (χ1n) is 8.10. The van der Waals surface area contributed by atoms with Crippen LogP contribution in [0.4, 0.5) is 14.9 Å². The fraction of sp³-hybridized carbons (Fsp3) is 0.333. The van der Waals surface area contributed by atoms with Gasteiger partial charge in [-0.2, -0.15) is 0 Å². The smallest absolute Gasteiger partial charge is 0.414 e. The van der Waals surface area contributed by atoms with Crippen molar-refractivity contribution in [3.05, 3.63) is 48.0 Å². The van der Waals surface area contributed by atoms with E-state index in [1.54, 1.807) is 18.3 Å². The highest BCUT2D eigenvalue weighted by atomic mass is 19.1. The maximum atomic E-state index is 14.5. The zero-order valence-electron chi connectivity index (χ0n) is 13.1. The third-order valence-electron chi connectivity index (χ3n) is 4.49. The summed E-state index contributed by atoms with van der Waals surface area (Å²) in [5, 5.41) is 0. The molecule has 5 nitrogen and oxygen atoms in total. The van der Waals surface area contributed by atoms with E-state index >= 15 is 0 Å². The molecule has 1 saturated carbocycles. The molecule has 1 aliphatic carbocycles. The molecule has 2 N–H and O–H groups in total. The number of hydrogen-bond acceptors (Lipinski definition) is 4. The number of halogens is 1. The minimum absolute atomic E-state index is 0.252. The molecule has 0 bridgehead atoms. The van der Waals surface area contributed by atoms with Gasteiger partial charge in [-0.25, -0.2) is 9.18 Å². The Kier molecular flexibility index (Phi) is 3.69. The third-order valence-corrected chi connectivity index (χ3v) is 4.49. The Labute approximate surface area is 139 Å². The number of nitrogens with zero attached hydrogens (tertiary/aromatic N) is 2. The van der Waals surface area contributed by atoms with E-state index in [4.69, 9.17) is 10.5 Å². The molecular weight excluding hydrogens is 309 g/mol. The van der Waals surface area contributed by atoms with Crippen LogP contribution in [-0.2, 0) is 4.74 Å². The molecule has 24 heavy (non-hydrogen) atoms. The van der Waals surface area contributed by atoms with E-state index in [9.17, 15) is 9.18 Å². The van der Waals surface area contributed by atoms with Crippen LogP contribution in [0.15, 0.2) is 36.5 Å². The van der Waals surface area contributed by atoms with Crippen molar-refractivity contribution in [1.29, 1.82) is 0 Å². The summed E-state index contributed by atoms with van der Waals surface area (Å²) in [6.45, 7) is 0.591. The molecular formula is C18H18FN3O2. The summed E-state index contributed by atoms with van der Waals surface area (Å²) < 4.78 is 19.6. The zero-order chi connectivity index (χ0) is 16.7. The zero-order valence-corrected chi connectivity index (χ0v) is 13.1. The first-order valence-corrected chi connectivity index (χ1v) is 8.10. The van der Waals surface area contributed by atoms with Crippen molar-refractivity contribution in [2.75, 3.05) is 18.0 Å². The SMILES string of the molecule is NC[C@H]1CN(c2ccc(-c3ccc(C4CC4)nc3)c(F)c2)C(=O)O1. The second-order valence-corrected chi connectivity index (χ2v) is 6.26. The molecule has 1 saturated heterocycles. The molecule has 2 aromatic rings. The van der Waals surface area contributed by atoms with Gasteiger partial charge in [0, 0.05) is 35.5 Å². The van der Waals surface area contributed by atoms with Gasteiger partial charge in [0.05, 0.1) is 12.2 Å². The van der Waals surface area contributed by atoms with Gasteiger partial charge in [-0.05, 0) is 37.1 Å². The van der Waals surface area contributed by atoms with E-state index in [1.165, 1.54) is 23.8 Å². The van der Waals surface area contributed by atoms with E-state index in [0.717, 1.165) is 11.3 Å². The molecule has 1 atom stereocenters. The Balaban J connectivity index is 1.58. The van der Waals surface area contributed by atoms with Gasteiger partial charge in [0.2, 0.25) is 0 Å². The van der Waals surface area contributed by atoms with Crippen molar-refractivity contribution >= 4 is 11.8 Å². The fourth-order valence-corrected chi connectivity index (χ4v) is 2.95. The highest BCUT2D eigenvalue weighted by Crippen LogP contribution is 2.39. The van der Waals surface area contributed by atoms with Crippen molar-refractivity contribution in [1.82, 2.24) is 4.98 Å². The molecule has 0 spiro atoms. The Hall–Kier alpha value is -2.47. The molecule has 4 rings (SSSR count). The number of benzene rings is 1. The second kappa shape index (κ2) is 5.87. The second-order valence-electron chi connectivity index (χ2n) is 6.26. The topological polar surface area (TPSA) is 68.5 Å². The van der Waals surface area contributed by atoms with Crippen molar-refractivity contribution in [2.24, 2.45) is 5.73 Å². The summed E-state index contributed by atoms with van der Waals surface area (Å²) in [5.41, 5.74) is 8.26. The number of anilines is 1. The average Bonchev–Trinajstić information content (AvgIpc) is 3.37. The number of hydrogen-bond donors (Lipinski definition) is 1. The van der Waals surface area contributed by atoms with Gasteiger partial charge in [-0.1, -0.05) is 6.07 Å². The van der Waals surface area contributed by atoms with Gasteiger partial charge in [-0.3, -0.25) is 9.88 Å². The first kappa shape index (κ1) is 15.1. The van der Waals surface area contributed by atoms with Gasteiger partial charge in [0.1, 0.15) is 11.9 Å². The van der Waals surface area contributed by atoms with E-state index in [-0.39, 0.29) is 12.6 Å². The summed E-state index contributed by atoms with van der Waals surface area (Å²) in [4.78, 5) is 17.7. The monoisotopic (exact) mass is 327 g/mol. The first-order chi connectivity index (χ1) is 11.7. The van der Waals surface area contributed by atoms with Gasteiger partial charge in [-0.15, -0.1) is 0 Å². The Bertz CT molecular complexity index is 774. The number of ether oxygens (including phenoxy) is 1. The number of cyclic esters (lactones) is 1. The lowest BCUT2D eigenvalue weighted by Crippen LogP contribution is -2.27. The largest absolute Gasteiger partial charge is 0.443 e. The lowest BCUT2D eigenvalue weighted by Gasteiger charge is -2.14. The van der Waals surface area contributed by atoms with Crippen LogP contribution in [0.5, 0.6) is 0 Å². The maximum Gasteiger partial charge on any atom is 0.414 e. The summed E-state index contributed by atoms with van der Waals surface area (Å²) in [6.07, 6.45) is 3.24. The summed E-state index contributed by atoms with van der Waals surface area (Å²) >= 11 is 0. The van der Waals surface area contributed by atoms with Crippen LogP contribution in [0, 0.1) is 5.82 Å². The lowest BCUT2D eigenvalue weighted by molar-refractivity contribution is 0.145. The number of pyridine rings is 1. The highest BCUT2D eigenvalue weighted by Gasteiger charge is 2.31. The number of carbonyl (C=O) groups is 1. The van der Waals surface area contributed by atoms with Gasteiger partial charge < -0.3 is 10.5 Å². The van der Waals surface area contributed by atoms with E-state index in [0.29, 0.717) is 23.7 Å². The number of rotatable bonds is 4. The molecule has 1 aliphatic heterocycles. The molecule has 6 heteroatoms. The molecule has 2 heterocycles. The van der Waals surface area contributed by atoms with Gasteiger partial charge >= 0.3 is 6.09 Å². The van der Waals surface area contributed by atoms with E-state index < -0.39 is 11.9 Å². The highest BCUT2D eigenvalue weighted by molar-refractivity contribution is 5.90. The molecule has 0 radical (unpaired) electrons. The van der Waals surface area contributed by atoms with Crippen LogP contribution in [0.3, 0.4) is 0 Å². The summed E-state index contributed by atoms with van der Waals surface area (Å²) in [5.74, 6) is 0.181. The normalized spacial score (nSPS) is 20.3. The van der Waals surface area contributed by atoms with Crippen LogP contribution < -0.4 is 10.6 Å². The maximum absolute atomic E-state index is 14.5. The predicted molar refractivity (Wildman–Crippen MR) is 88.3 cm³/mol. The van der Waals surface area contributed by atoms with Crippen LogP contribution in [0.1, 0.15) is 24.5 Å². The summed E-state index contributed by atoms with van der Waals surface area (Å²) in [6, 6.07) is 8.59. The van der Waals surface area contributed by atoms with E-state index in [2.05, 4.69) is 4.98 Å². The molecule has 124 valence electrons. The van der Waals surface area contributed by atoms with Crippen LogP contribution in [-0.4, -0.2) is 30.3 Å². The van der Waals surface area contributed by atoms with Gasteiger partial charge in [0.25, 0.3) is 0 Å². The number of amides is 1. The van der Waals surface area contributed by atoms with Crippen LogP contribution in [0.25, 0.3) is 11.1 Å². The number of nitrogens with two attached hydrogens (primary N) is 1. The minimum Gasteiger partial charge on any atom is -0.443 e. The third kappa shape index (κ3) is 2.73. The van der Waals surface area contributed by atoms with Crippen molar-refractivity contribution in [3.8, 4) is 11.1 Å². The Morgan fingerprint density at radius 1 is 1.29 bits per heavy atom. The molecule has 2 fully saturated rings. The summed E-state index contributed by atoms with van der Waals surface area (Å²) in [7, 11) is 0. The average molecular weight is 327 g/mol. The van der Waals surface area contributed by atoms with E-state index in [1.807, 2.05) is 12.1 Å². The predicted octanol–water partition coefficient (Wildman–Crippen LogP) is 3.05. The van der Waals surface area contributed by atoms with Crippen molar-refractivity contribution in [2.45, 2.75) is 24.9 Å². The molecule has 1 aromatic carbocycles. The molecule has 1 aromatic heterocycles. The number of aromatic nitrogens is 1. The Morgan fingerprint density at radius 2 is 2.12 bits per heavy atom. The van der Waals surface area contributed by atoms with Crippen LogP contribution >= 0.6 is 0 Å². The van der Waals surface area contributed by atoms with Gasteiger partial charge in [0.15, 0.2) is 0 Å². The molecule has 0 unspecified atom stereocenters. The molecule has 1 amide bonds. The quantitative estimate of drug-likeness (QED) is 0.937. The van der Waals surface area contributed by atoms with Crippen LogP contribution in [0.2, 0.25) is 0 Å². The standard InChI is InChI=1S/C18H18FN3O2/c19-16-7-13(22-10-14(8-20)24-18(22)23)4-5-15(16)12-3-6-17(21-9-12)11-1-2-11/h3-7,9,11,14H,1-2,8,10,20H2/t14-/m0/s1. The Morgan fingerprint density at radius 3 is 2.71 bits per heavy atom. The number of carbonyl (C=O) groups excluding carboxylic acids is 1. The molecule has 2 aliphatic rings. The van der Waals surface area contributed by atoms with Crippen molar-refractivity contribution < 1.29 is 13.9 Å². The lowest BCUT2D eigenvalue weighted by atomic mass is 10.1. The van der Waals surface area contributed by atoms with Crippen molar-refractivity contribution in [3.63, 3.8) is 0 Å². The fourth-order valence-electron chi connectivity index (χ4n) is 2.95.